The number of carbonyl (C=O) groups is 2. The second-order valence-electron chi connectivity index (χ2n) is 3.13. The predicted molar refractivity (Wildman–Crippen MR) is 58.8 cm³/mol. The second kappa shape index (κ2) is 5.56. The van der Waals surface area contributed by atoms with Crippen molar-refractivity contribution in [3.63, 3.8) is 0 Å². The summed E-state index contributed by atoms with van der Waals surface area (Å²) in [5, 5.41) is 8.64. The molecule has 0 unspecified atom stereocenters. The van der Waals surface area contributed by atoms with Gasteiger partial charge in [-0.3, -0.25) is 9.59 Å². The number of carboxylic acids is 1. The van der Waals surface area contributed by atoms with Crippen molar-refractivity contribution in [2.45, 2.75) is 0 Å². The number of amides is 1. The number of benzene rings is 1. The van der Waals surface area contributed by atoms with E-state index in [1.165, 1.54) is 0 Å². The van der Waals surface area contributed by atoms with Crippen LogP contribution in [-0.4, -0.2) is 35.0 Å². The van der Waals surface area contributed by atoms with Crippen LogP contribution in [0.15, 0.2) is 30.3 Å². The van der Waals surface area contributed by atoms with Gasteiger partial charge in [0.1, 0.15) is 6.54 Å². The number of aliphatic carboxylic acids is 1. The minimum Gasteiger partial charge on any atom is -0.480 e. The third kappa shape index (κ3) is 3.14. The Morgan fingerprint density at radius 2 is 1.94 bits per heavy atom. The molecular weight excluding hydrogens is 206 g/mol. The molecule has 0 aliphatic carbocycles. The van der Waals surface area contributed by atoms with Crippen LogP contribution in [0.5, 0.6) is 0 Å². The van der Waals surface area contributed by atoms with E-state index < -0.39 is 12.5 Å². The van der Waals surface area contributed by atoms with E-state index in [9.17, 15) is 9.59 Å². The number of nitrogens with zero attached hydrogens (tertiary/aromatic N) is 1. The summed E-state index contributed by atoms with van der Waals surface area (Å²) in [5.74, 6) is 0.808. The molecule has 0 bridgehead atoms. The summed E-state index contributed by atoms with van der Waals surface area (Å²) in [5.41, 5.74) is 0.430. The van der Waals surface area contributed by atoms with E-state index >= 15 is 0 Å². The molecule has 0 saturated heterocycles. The maximum Gasteiger partial charge on any atom is 0.323 e. The summed E-state index contributed by atoms with van der Waals surface area (Å²) in [6.07, 6.45) is 5.08. The van der Waals surface area contributed by atoms with E-state index in [0.717, 1.165) is 4.90 Å². The van der Waals surface area contributed by atoms with E-state index in [0.29, 0.717) is 5.56 Å². The highest BCUT2D eigenvalue weighted by molar-refractivity contribution is 5.95. The van der Waals surface area contributed by atoms with Gasteiger partial charge in [0.2, 0.25) is 0 Å². The average Bonchev–Trinajstić information content (AvgIpc) is 2.28. The molecule has 1 aromatic carbocycles. The van der Waals surface area contributed by atoms with E-state index in [1.54, 1.807) is 30.3 Å². The van der Waals surface area contributed by atoms with Gasteiger partial charge in [0.25, 0.3) is 5.91 Å². The van der Waals surface area contributed by atoms with Gasteiger partial charge < -0.3 is 10.0 Å². The molecule has 16 heavy (non-hydrogen) atoms. The fraction of sp³-hybridized carbons (Fsp3) is 0.167. The Balaban J connectivity index is 2.84. The fourth-order valence-corrected chi connectivity index (χ4v) is 1.24. The van der Waals surface area contributed by atoms with Crippen molar-refractivity contribution in [1.29, 1.82) is 0 Å². The Hall–Kier alpha value is -2.28. The van der Waals surface area contributed by atoms with Crippen molar-refractivity contribution in [1.82, 2.24) is 4.90 Å². The summed E-state index contributed by atoms with van der Waals surface area (Å²) in [6, 6.07) is 8.44. The van der Waals surface area contributed by atoms with Crippen LogP contribution in [0.2, 0.25) is 0 Å². The van der Waals surface area contributed by atoms with Crippen LogP contribution in [0.4, 0.5) is 0 Å². The number of hydrogen-bond donors (Lipinski definition) is 1. The second-order valence-corrected chi connectivity index (χ2v) is 3.13. The fourth-order valence-electron chi connectivity index (χ4n) is 1.24. The maximum atomic E-state index is 11.8. The summed E-state index contributed by atoms with van der Waals surface area (Å²) < 4.78 is 0. The zero-order valence-corrected chi connectivity index (χ0v) is 8.59. The summed E-state index contributed by atoms with van der Waals surface area (Å²) in [7, 11) is 0. The standard InChI is InChI=1S/C12H11NO3/c1-2-8-13(9-11(14)15)12(16)10-6-4-3-5-7-10/h1,3-7H,8-9H2,(H,14,15). The van der Waals surface area contributed by atoms with Gasteiger partial charge in [-0.1, -0.05) is 24.1 Å². The molecule has 1 N–H and O–H groups in total. The number of carbonyl (C=O) groups excluding carboxylic acids is 1. The first-order valence-electron chi connectivity index (χ1n) is 4.64. The van der Waals surface area contributed by atoms with Gasteiger partial charge in [0, 0.05) is 5.56 Å². The molecule has 1 aromatic rings. The Labute approximate surface area is 93.5 Å². The monoisotopic (exact) mass is 217 g/mol. The molecule has 4 heteroatoms. The maximum absolute atomic E-state index is 11.8. The minimum atomic E-state index is -1.08. The summed E-state index contributed by atoms with van der Waals surface area (Å²) >= 11 is 0. The Morgan fingerprint density at radius 3 is 2.44 bits per heavy atom. The molecule has 0 aliphatic heterocycles. The third-order valence-electron chi connectivity index (χ3n) is 1.92. The lowest BCUT2D eigenvalue weighted by molar-refractivity contribution is -0.137. The van der Waals surface area contributed by atoms with Crippen LogP contribution in [0, 0.1) is 12.3 Å². The molecule has 82 valence electrons. The molecule has 0 aromatic heterocycles. The van der Waals surface area contributed by atoms with Crippen molar-refractivity contribution in [3.8, 4) is 12.3 Å². The molecule has 0 heterocycles. The van der Waals surface area contributed by atoms with Gasteiger partial charge in [0.15, 0.2) is 0 Å². The smallest absolute Gasteiger partial charge is 0.323 e. The third-order valence-corrected chi connectivity index (χ3v) is 1.92. The van der Waals surface area contributed by atoms with Crippen LogP contribution < -0.4 is 0 Å². The van der Waals surface area contributed by atoms with Crippen LogP contribution in [-0.2, 0) is 4.79 Å². The zero-order chi connectivity index (χ0) is 12.0. The molecule has 0 saturated carbocycles. The van der Waals surface area contributed by atoms with Gasteiger partial charge in [-0.25, -0.2) is 0 Å². The number of rotatable bonds is 4. The normalized spacial score (nSPS) is 9.19. The van der Waals surface area contributed by atoms with E-state index in [2.05, 4.69) is 5.92 Å². The van der Waals surface area contributed by atoms with Crippen molar-refractivity contribution in [2.75, 3.05) is 13.1 Å². The molecule has 0 spiro atoms. The first-order valence-corrected chi connectivity index (χ1v) is 4.64. The Kier molecular flexibility index (Phi) is 4.10. The lowest BCUT2D eigenvalue weighted by Gasteiger charge is -2.17. The van der Waals surface area contributed by atoms with Gasteiger partial charge in [0.05, 0.1) is 6.54 Å². The Morgan fingerprint density at radius 1 is 1.31 bits per heavy atom. The number of hydrogen-bond acceptors (Lipinski definition) is 2. The Bertz CT molecular complexity index is 420. The van der Waals surface area contributed by atoms with Crippen LogP contribution in [0.25, 0.3) is 0 Å². The van der Waals surface area contributed by atoms with E-state index in [-0.39, 0.29) is 12.5 Å². The molecule has 0 aliphatic rings. The summed E-state index contributed by atoms with van der Waals surface area (Å²) in [6.45, 7) is -0.405. The molecular formula is C12H11NO3. The van der Waals surface area contributed by atoms with Crippen molar-refractivity contribution in [3.05, 3.63) is 35.9 Å². The lowest BCUT2D eigenvalue weighted by atomic mass is 10.2. The van der Waals surface area contributed by atoms with E-state index in [4.69, 9.17) is 11.5 Å². The molecule has 1 amide bonds. The highest BCUT2D eigenvalue weighted by atomic mass is 16.4. The van der Waals surface area contributed by atoms with Crippen molar-refractivity contribution in [2.24, 2.45) is 0 Å². The quantitative estimate of drug-likeness (QED) is 0.760. The minimum absolute atomic E-state index is 0.0139. The largest absolute Gasteiger partial charge is 0.480 e. The van der Waals surface area contributed by atoms with Gasteiger partial charge >= 0.3 is 5.97 Å². The average molecular weight is 217 g/mol. The molecule has 1 rings (SSSR count). The van der Waals surface area contributed by atoms with Crippen molar-refractivity contribution < 1.29 is 14.7 Å². The van der Waals surface area contributed by atoms with Crippen molar-refractivity contribution >= 4 is 11.9 Å². The van der Waals surface area contributed by atoms with Gasteiger partial charge in [-0.05, 0) is 12.1 Å². The molecule has 4 nitrogen and oxygen atoms in total. The number of terminal acetylenes is 1. The SMILES string of the molecule is C#CCN(CC(=O)O)C(=O)c1ccccc1. The molecule has 0 radical (unpaired) electrons. The van der Waals surface area contributed by atoms with Gasteiger partial charge in [-0.15, -0.1) is 6.42 Å². The highest BCUT2D eigenvalue weighted by Gasteiger charge is 2.16. The number of carboxylic acid groups (broad SMARTS) is 1. The van der Waals surface area contributed by atoms with Crippen LogP contribution in [0.3, 0.4) is 0 Å². The molecule has 0 atom stereocenters. The zero-order valence-electron chi connectivity index (χ0n) is 8.59. The van der Waals surface area contributed by atoms with Crippen LogP contribution >= 0.6 is 0 Å². The van der Waals surface area contributed by atoms with E-state index in [1.807, 2.05) is 0 Å². The van der Waals surface area contributed by atoms with Crippen LogP contribution in [0.1, 0.15) is 10.4 Å². The highest BCUT2D eigenvalue weighted by Crippen LogP contribution is 2.04. The predicted octanol–water partition coefficient (Wildman–Crippen LogP) is 0.847. The summed E-state index contributed by atoms with van der Waals surface area (Å²) in [4.78, 5) is 23.5. The lowest BCUT2D eigenvalue weighted by Crippen LogP contribution is -2.35. The topological polar surface area (TPSA) is 57.6 Å². The molecule has 0 fully saturated rings. The first-order chi connectivity index (χ1) is 7.65. The van der Waals surface area contributed by atoms with Gasteiger partial charge in [-0.2, -0.15) is 0 Å². The first kappa shape index (κ1) is 11.8.